The van der Waals surface area contributed by atoms with Crippen LogP contribution in [-0.2, 0) is 10.0 Å². The maximum absolute atomic E-state index is 11.5. The standard InChI is InChI=1S/C11H23NO2S/c1-3-9-15(13,14)12-10-11(2)7-5-4-6-8-11/h12H,3-10H2,1-2H3. The first-order valence-electron chi connectivity index (χ1n) is 5.95. The summed E-state index contributed by atoms with van der Waals surface area (Å²) in [6.07, 6.45) is 6.78. The van der Waals surface area contributed by atoms with Gasteiger partial charge in [-0.05, 0) is 24.7 Å². The molecule has 4 heteroatoms. The zero-order valence-corrected chi connectivity index (χ0v) is 10.7. The Balaban J connectivity index is 2.41. The summed E-state index contributed by atoms with van der Waals surface area (Å²) in [7, 11) is -3.02. The first-order chi connectivity index (χ1) is 6.97. The third-order valence-corrected chi connectivity index (χ3v) is 4.78. The Morgan fingerprint density at radius 3 is 2.33 bits per heavy atom. The maximum atomic E-state index is 11.5. The van der Waals surface area contributed by atoms with Gasteiger partial charge in [0.15, 0.2) is 0 Å². The van der Waals surface area contributed by atoms with Gasteiger partial charge in [0.2, 0.25) is 10.0 Å². The molecule has 0 heterocycles. The molecule has 0 saturated heterocycles. The van der Waals surface area contributed by atoms with Gasteiger partial charge in [-0.25, -0.2) is 13.1 Å². The molecule has 1 N–H and O–H groups in total. The molecule has 0 radical (unpaired) electrons. The molecule has 0 aromatic carbocycles. The molecule has 0 bridgehead atoms. The van der Waals surface area contributed by atoms with Crippen LogP contribution in [0, 0.1) is 5.41 Å². The van der Waals surface area contributed by atoms with Crippen molar-refractivity contribution < 1.29 is 8.42 Å². The van der Waals surface area contributed by atoms with E-state index >= 15 is 0 Å². The Morgan fingerprint density at radius 1 is 1.20 bits per heavy atom. The highest BCUT2D eigenvalue weighted by Gasteiger charge is 2.27. The van der Waals surface area contributed by atoms with Gasteiger partial charge in [0.1, 0.15) is 0 Å². The van der Waals surface area contributed by atoms with Gasteiger partial charge in [-0.3, -0.25) is 0 Å². The average Bonchev–Trinajstić information content (AvgIpc) is 2.17. The Kier molecular flexibility index (Phi) is 4.59. The van der Waals surface area contributed by atoms with Crippen LogP contribution in [-0.4, -0.2) is 20.7 Å². The number of hydrogen-bond donors (Lipinski definition) is 1. The van der Waals surface area contributed by atoms with E-state index in [0.717, 1.165) is 12.8 Å². The fourth-order valence-corrected chi connectivity index (χ4v) is 3.46. The summed E-state index contributed by atoms with van der Waals surface area (Å²) < 4.78 is 25.8. The van der Waals surface area contributed by atoms with Crippen molar-refractivity contribution in [2.75, 3.05) is 12.3 Å². The monoisotopic (exact) mass is 233 g/mol. The number of nitrogens with one attached hydrogen (secondary N) is 1. The molecule has 0 aliphatic heterocycles. The van der Waals surface area contributed by atoms with E-state index < -0.39 is 10.0 Å². The number of sulfonamides is 1. The van der Waals surface area contributed by atoms with Gasteiger partial charge in [0, 0.05) is 6.54 Å². The summed E-state index contributed by atoms with van der Waals surface area (Å²) in [5, 5.41) is 0. The highest BCUT2D eigenvalue weighted by atomic mass is 32.2. The molecule has 15 heavy (non-hydrogen) atoms. The molecule has 1 aliphatic carbocycles. The molecular weight excluding hydrogens is 210 g/mol. The van der Waals surface area contributed by atoms with Crippen molar-refractivity contribution in [3.8, 4) is 0 Å². The van der Waals surface area contributed by atoms with Crippen molar-refractivity contribution in [3.63, 3.8) is 0 Å². The fourth-order valence-electron chi connectivity index (χ4n) is 2.21. The van der Waals surface area contributed by atoms with Crippen molar-refractivity contribution in [2.24, 2.45) is 5.41 Å². The molecule has 0 unspecified atom stereocenters. The second-order valence-corrected chi connectivity index (χ2v) is 6.94. The van der Waals surface area contributed by atoms with Gasteiger partial charge in [-0.2, -0.15) is 0 Å². The lowest BCUT2D eigenvalue weighted by Crippen LogP contribution is -2.37. The van der Waals surface area contributed by atoms with Crippen LogP contribution < -0.4 is 4.72 Å². The topological polar surface area (TPSA) is 46.2 Å². The normalized spacial score (nSPS) is 21.5. The van der Waals surface area contributed by atoms with Gasteiger partial charge in [-0.15, -0.1) is 0 Å². The van der Waals surface area contributed by atoms with E-state index in [1.165, 1.54) is 19.3 Å². The lowest BCUT2D eigenvalue weighted by Gasteiger charge is -2.33. The van der Waals surface area contributed by atoms with Crippen molar-refractivity contribution in [2.45, 2.75) is 52.4 Å². The first kappa shape index (κ1) is 13.0. The predicted octanol–water partition coefficient (Wildman–Crippen LogP) is 2.29. The average molecular weight is 233 g/mol. The maximum Gasteiger partial charge on any atom is 0.211 e. The number of hydrogen-bond acceptors (Lipinski definition) is 2. The van der Waals surface area contributed by atoms with Gasteiger partial charge in [0.05, 0.1) is 5.75 Å². The van der Waals surface area contributed by atoms with Crippen LogP contribution in [0.15, 0.2) is 0 Å². The minimum absolute atomic E-state index is 0.194. The smallest absolute Gasteiger partial charge is 0.211 e. The quantitative estimate of drug-likeness (QED) is 0.792. The molecule has 90 valence electrons. The molecule has 1 aliphatic rings. The minimum atomic E-state index is -3.02. The highest BCUT2D eigenvalue weighted by molar-refractivity contribution is 7.89. The lowest BCUT2D eigenvalue weighted by molar-refractivity contribution is 0.219. The molecule has 0 amide bonds. The van der Waals surface area contributed by atoms with Crippen LogP contribution in [0.1, 0.15) is 52.4 Å². The zero-order valence-electron chi connectivity index (χ0n) is 9.88. The second kappa shape index (κ2) is 5.30. The molecule has 0 aromatic heterocycles. The molecule has 1 rings (SSSR count). The van der Waals surface area contributed by atoms with E-state index in [1.54, 1.807) is 0 Å². The van der Waals surface area contributed by atoms with Crippen LogP contribution in [0.2, 0.25) is 0 Å². The van der Waals surface area contributed by atoms with Crippen LogP contribution >= 0.6 is 0 Å². The zero-order chi connectivity index (χ0) is 11.4. The third-order valence-electron chi connectivity index (χ3n) is 3.25. The van der Waals surface area contributed by atoms with Gasteiger partial charge >= 0.3 is 0 Å². The van der Waals surface area contributed by atoms with E-state index in [2.05, 4.69) is 11.6 Å². The Bertz CT molecular complexity index is 279. The molecule has 0 spiro atoms. The molecule has 0 atom stereocenters. The van der Waals surface area contributed by atoms with Crippen molar-refractivity contribution in [1.82, 2.24) is 4.72 Å². The summed E-state index contributed by atoms with van der Waals surface area (Å²) in [4.78, 5) is 0. The van der Waals surface area contributed by atoms with Crippen LogP contribution in [0.3, 0.4) is 0 Å². The Hall–Kier alpha value is -0.0900. The summed E-state index contributed by atoms with van der Waals surface area (Å²) in [5.41, 5.74) is 0.194. The Morgan fingerprint density at radius 2 is 1.80 bits per heavy atom. The first-order valence-corrected chi connectivity index (χ1v) is 7.60. The van der Waals surface area contributed by atoms with Crippen LogP contribution in [0.4, 0.5) is 0 Å². The van der Waals surface area contributed by atoms with Crippen molar-refractivity contribution in [3.05, 3.63) is 0 Å². The van der Waals surface area contributed by atoms with Crippen LogP contribution in [0.5, 0.6) is 0 Å². The predicted molar refractivity (Wildman–Crippen MR) is 63.3 cm³/mol. The van der Waals surface area contributed by atoms with Crippen molar-refractivity contribution in [1.29, 1.82) is 0 Å². The highest BCUT2D eigenvalue weighted by Crippen LogP contribution is 2.35. The van der Waals surface area contributed by atoms with Crippen LogP contribution in [0.25, 0.3) is 0 Å². The van der Waals surface area contributed by atoms with Gasteiger partial charge in [0.25, 0.3) is 0 Å². The third kappa shape index (κ3) is 4.51. The summed E-state index contributed by atoms with van der Waals surface area (Å²) in [5.74, 6) is 0.253. The summed E-state index contributed by atoms with van der Waals surface area (Å²) >= 11 is 0. The minimum Gasteiger partial charge on any atom is -0.215 e. The van der Waals surface area contributed by atoms with E-state index in [4.69, 9.17) is 0 Å². The van der Waals surface area contributed by atoms with E-state index in [1.807, 2.05) is 6.92 Å². The molecular formula is C11H23NO2S. The summed E-state index contributed by atoms with van der Waals surface area (Å²) in [6.45, 7) is 4.71. The van der Waals surface area contributed by atoms with Gasteiger partial charge in [-0.1, -0.05) is 33.1 Å². The molecule has 0 aromatic rings. The SMILES string of the molecule is CCCS(=O)(=O)NCC1(C)CCCCC1. The largest absolute Gasteiger partial charge is 0.215 e. The number of rotatable bonds is 5. The fraction of sp³-hybridized carbons (Fsp3) is 1.00. The van der Waals surface area contributed by atoms with Crippen molar-refractivity contribution >= 4 is 10.0 Å². The van der Waals surface area contributed by atoms with E-state index in [0.29, 0.717) is 13.0 Å². The van der Waals surface area contributed by atoms with E-state index in [-0.39, 0.29) is 11.2 Å². The van der Waals surface area contributed by atoms with Gasteiger partial charge < -0.3 is 0 Å². The second-order valence-electron chi connectivity index (χ2n) is 5.01. The molecule has 1 saturated carbocycles. The van der Waals surface area contributed by atoms with E-state index in [9.17, 15) is 8.42 Å². The Labute approximate surface area is 93.7 Å². The molecule has 1 fully saturated rings. The molecule has 3 nitrogen and oxygen atoms in total. The lowest BCUT2D eigenvalue weighted by atomic mass is 9.76. The summed E-state index contributed by atoms with van der Waals surface area (Å²) in [6, 6.07) is 0.